The van der Waals surface area contributed by atoms with Gasteiger partial charge in [-0.3, -0.25) is 9.59 Å². The second-order valence-electron chi connectivity index (χ2n) is 6.53. The van der Waals surface area contributed by atoms with Gasteiger partial charge in [0, 0.05) is 12.1 Å². The lowest BCUT2D eigenvalue weighted by Gasteiger charge is -2.17. The number of rotatable bonds is 7. The van der Waals surface area contributed by atoms with Gasteiger partial charge in [-0.15, -0.1) is 0 Å². The topological polar surface area (TPSA) is 75.6 Å². The van der Waals surface area contributed by atoms with E-state index in [4.69, 9.17) is 4.74 Å². The number of aryl methyl sites for hydroxylation is 3. The van der Waals surface area contributed by atoms with Gasteiger partial charge in [0.05, 0.1) is 13.0 Å². The van der Waals surface area contributed by atoms with Crippen molar-refractivity contribution < 1.29 is 19.4 Å². The zero-order chi connectivity index (χ0) is 19.3. The van der Waals surface area contributed by atoms with Crippen LogP contribution < -0.4 is 10.1 Å². The number of benzene rings is 2. The number of amides is 1. The third-order valence-electron chi connectivity index (χ3n) is 4.42. The first-order valence-electron chi connectivity index (χ1n) is 8.54. The molecule has 5 heteroatoms. The van der Waals surface area contributed by atoms with E-state index in [1.807, 2.05) is 51.1 Å². The van der Waals surface area contributed by atoms with Gasteiger partial charge in [-0.2, -0.15) is 0 Å². The van der Waals surface area contributed by atoms with Crippen LogP contribution in [-0.4, -0.2) is 30.6 Å². The van der Waals surface area contributed by atoms with E-state index in [-0.39, 0.29) is 18.9 Å². The number of ether oxygens (including phenoxy) is 1. The quantitative estimate of drug-likeness (QED) is 0.799. The summed E-state index contributed by atoms with van der Waals surface area (Å²) in [6.45, 7) is 5.81. The van der Waals surface area contributed by atoms with Crippen molar-refractivity contribution in [3.05, 3.63) is 64.2 Å². The maximum absolute atomic E-state index is 12.6. The van der Waals surface area contributed by atoms with Crippen LogP contribution in [0.1, 0.15) is 32.6 Å². The Balaban J connectivity index is 2.12. The van der Waals surface area contributed by atoms with Crippen LogP contribution in [0.2, 0.25) is 0 Å². The third-order valence-corrected chi connectivity index (χ3v) is 4.42. The minimum absolute atomic E-state index is 0.0545. The fraction of sp³-hybridized carbons (Fsp3) is 0.333. The van der Waals surface area contributed by atoms with Gasteiger partial charge in [0.2, 0.25) is 0 Å². The van der Waals surface area contributed by atoms with E-state index in [9.17, 15) is 14.7 Å². The predicted octanol–water partition coefficient (Wildman–Crippen LogP) is 3.29. The van der Waals surface area contributed by atoms with E-state index in [0.29, 0.717) is 11.3 Å². The molecule has 0 saturated carbocycles. The Morgan fingerprint density at radius 2 is 1.73 bits per heavy atom. The normalized spacial score (nSPS) is 11.7. The molecule has 1 unspecified atom stereocenters. The molecule has 5 nitrogen and oxygen atoms in total. The average molecular weight is 355 g/mol. The molecular formula is C21H25NO4. The highest BCUT2D eigenvalue weighted by Gasteiger charge is 2.22. The van der Waals surface area contributed by atoms with Gasteiger partial charge in [-0.1, -0.05) is 35.9 Å². The summed E-state index contributed by atoms with van der Waals surface area (Å²) in [6.07, 6.45) is 0.283. The summed E-state index contributed by atoms with van der Waals surface area (Å²) in [5.41, 5.74) is 4.28. The number of carbonyl (C=O) groups is 2. The van der Waals surface area contributed by atoms with Crippen LogP contribution in [0.25, 0.3) is 0 Å². The Hall–Kier alpha value is -2.82. The van der Waals surface area contributed by atoms with Gasteiger partial charge in [-0.25, -0.2) is 0 Å². The minimum Gasteiger partial charge on any atom is -0.496 e. The zero-order valence-electron chi connectivity index (χ0n) is 15.6. The predicted molar refractivity (Wildman–Crippen MR) is 101 cm³/mol. The van der Waals surface area contributed by atoms with Crippen LogP contribution in [0.3, 0.4) is 0 Å². The standard InChI is InChI=1S/C21H25NO4/c1-13-9-14(2)19(15(3)10-13)20(23)22-12-17(21(24)25)11-16-7-5-6-8-18(16)26-4/h5-10,17H,11-12H2,1-4H3,(H,22,23)(H,24,25). The van der Waals surface area contributed by atoms with Gasteiger partial charge < -0.3 is 15.2 Å². The summed E-state index contributed by atoms with van der Waals surface area (Å²) >= 11 is 0. The van der Waals surface area contributed by atoms with Crippen LogP contribution in [0.4, 0.5) is 0 Å². The first kappa shape index (κ1) is 19.5. The number of hydrogen-bond acceptors (Lipinski definition) is 3. The summed E-state index contributed by atoms with van der Waals surface area (Å²) in [4.78, 5) is 24.2. The van der Waals surface area contributed by atoms with Crippen LogP contribution >= 0.6 is 0 Å². The number of carbonyl (C=O) groups excluding carboxylic acids is 1. The molecule has 26 heavy (non-hydrogen) atoms. The monoisotopic (exact) mass is 355 g/mol. The van der Waals surface area contributed by atoms with Crippen molar-refractivity contribution in [3.63, 3.8) is 0 Å². The largest absolute Gasteiger partial charge is 0.496 e. The van der Waals surface area contributed by atoms with Gasteiger partial charge in [0.25, 0.3) is 5.91 Å². The Morgan fingerprint density at radius 1 is 1.12 bits per heavy atom. The van der Waals surface area contributed by atoms with Crippen LogP contribution in [0, 0.1) is 26.7 Å². The molecule has 1 atom stereocenters. The van der Waals surface area contributed by atoms with Gasteiger partial charge in [-0.05, 0) is 49.9 Å². The lowest BCUT2D eigenvalue weighted by Crippen LogP contribution is -2.34. The Bertz CT molecular complexity index is 790. The fourth-order valence-electron chi connectivity index (χ4n) is 3.23. The highest BCUT2D eigenvalue weighted by atomic mass is 16.5. The summed E-state index contributed by atoms with van der Waals surface area (Å²) in [7, 11) is 1.55. The lowest BCUT2D eigenvalue weighted by atomic mass is 9.97. The molecule has 0 heterocycles. The summed E-state index contributed by atoms with van der Waals surface area (Å²) in [5, 5.41) is 12.3. The van der Waals surface area contributed by atoms with Gasteiger partial charge in [0.15, 0.2) is 0 Å². The summed E-state index contributed by atoms with van der Waals surface area (Å²) in [5.74, 6) is -1.28. The molecule has 2 N–H and O–H groups in total. The van der Waals surface area contributed by atoms with Crippen molar-refractivity contribution in [2.24, 2.45) is 5.92 Å². The fourth-order valence-corrected chi connectivity index (χ4v) is 3.23. The van der Waals surface area contributed by atoms with Gasteiger partial charge >= 0.3 is 5.97 Å². The Labute approximate surface area is 154 Å². The van der Waals surface area contributed by atoms with E-state index in [1.54, 1.807) is 13.2 Å². The molecule has 0 aliphatic heterocycles. The number of carboxylic acids is 1. The van der Waals surface area contributed by atoms with E-state index in [1.165, 1.54) is 0 Å². The van der Waals surface area contributed by atoms with Crippen molar-refractivity contribution in [1.82, 2.24) is 5.32 Å². The molecule has 0 radical (unpaired) electrons. The van der Waals surface area contributed by atoms with Crippen molar-refractivity contribution in [2.75, 3.05) is 13.7 Å². The van der Waals surface area contributed by atoms with Crippen LogP contribution in [-0.2, 0) is 11.2 Å². The second-order valence-corrected chi connectivity index (χ2v) is 6.53. The van der Waals surface area contributed by atoms with Gasteiger partial charge in [0.1, 0.15) is 5.75 Å². The van der Waals surface area contributed by atoms with Crippen LogP contribution in [0.5, 0.6) is 5.75 Å². The second kappa shape index (κ2) is 8.52. The molecule has 138 valence electrons. The first-order chi connectivity index (χ1) is 12.3. The Morgan fingerprint density at radius 3 is 2.31 bits per heavy atom. The molecule has 0 fully saturated rings. The minimum atomic E-state index is -0.950. The lowest BCUT2D eigenvalue weighted by molar-refractivity contribution is -0.141. The molecule has 0 aromatic heterocycles. The molecule has 0 aliphatic carbocycles. The van der Waals surface area contributed by atoms with E-state index in [2.05, 4.69) is 5.32 Å². The number of hydrogen-bond donors (Lipinski definition) is 2. The van der Waals surface area contributed by atoms with Crippen LogP contribution in [0.15, 0.2) is 36.4 Å². The molecule has 1 amide bonds. The third kappa shape index (κ3) is 4.63. The van der Waals surface area contributed by atoms with E-state index >= 15 is 0 Å². The molecule has 2 aromatic rings. The summed E-state index contributed by atoms with van der Waals surface area (Å²) in [6, 6.07) is 11.2. The van der Waals surface area contributed by atoms with E-state index < -0.39 is 11.9 Å². The zero-order valence-corrected chi connectivity index (χ0v) is 15.6. The number of nitrogens with one attached hydrogen (secondary N) is 1. The molecule has 2 aromatic carbocycles. The number of para-hydroxylation sites is 1. The number of aliphatic carboxylic acids is 1. The highest BCUT2D eigenvalue weighted by molar-refractivity contribution is 5.97. The maximum Gasteiger partial charge on any atom is 0.308 e. The summed E-state index contributed by atoms with van der Waals surface area (Å²) < 4.78 is 5.28. The highest BCUT2D eigenvalue weighted by Crippen LogP contribution is 2.21. The van der Waals surface area contributed by atoms with Crippen molar-refractivity contribution in [1.29, 1.82) is 0 Å². The molecule has 0 saturated heterocycles. The average Bonchev–Trinajstić information content (AvgIpc) is 2.57. The van der Waals surface area contributed by atoms with E-state index in [0.717, 1.165) is 22.3 Å². The number of carboxylic acid groups (broad SMARTS) is 1. The Kier molecular flexibility index (Phi) is 6.39. The SMILES string of the molecule is COc1ccccc1CC(CNC(=O)c1c(C)cc(C)cc1C)C(=O)O. The molecular weight excluding hydrogens is 330 g/mol. The molecule has 2 rings (SSSR count). The van der Waals surface area contributed by atoms with Crippen molar-refractivity contribution in [3.8, 4) is 5.75 Å². The molecule has 0 bridgehead atoms. The molecule has 0 aliphatic rings. The smallest absolute Gasteiger partial charge is 0.308 e. The van der Waals surface area contributed by atoms with Crippen molar-refractivity contribution >= 4 is 11.9 Å². The molecule has 0 spiro atoms. The first-order valence-corrected chi connectivity index (χ1v) is 8.54. The van der Waals surface area contributed by atoms with Crippen molar-refractivity contribution in [2.45, 2.75) is 27.2 Å². The number of methoxy groups -OCH3 is 1. The maximum atomic E-state index is 12.6.